The quantitative estimate of drug-likeness (QED) is 0.273. The van der Waals surface area contributed by atoms with Crippen LogP contribution in [0.15, 0.2) is 5.16 Å². The third-order valence-corrected chi connectivity index (χ3v) is 2.89. The maximum absolute atomic E-state index is 11.9. The number of ether oxygens (including phenoxy) is 1. The summed E-state index contributed by atoms with van der Waals surface area (Å²) in [4.78, 5) is 11.9. The summed E-state index contributed by atoms with van der Waals surface area (Å²) in [7, 11) is 0. The lowest BCUT2D eigenvalue weighted by molar-refractivity contribution is -0.123. The van der Waals surface area contributed by atoms with Crippen molar-refractivity contribution in [2.24, 2.45) is 16.8 Å². The number of nitrogens with two attached hydrogens (primary N) is 1. The molecule has 1 aliphatic heterocycles. The Hall–Kier alpha value is -1.30. The molecule has 0 aromatic carbocycles. The molecule has 1 saturated heterocycles. The molecule has 1 rings (SSSR count). The molecule has 0 saturated carbocycles. The zero-order valence-electron chi connectivity index (χ0n) is 10.2. The Balaban J connectivity index is 2.41. The molecule has 0 aromatic rings. The Kier molecular flexibility index (Phi) is 5.76. The van der Waals surface area contributed by atoms with Crippen LogP contribution in [0.2, 0.25) is 0 Å². The summed E-state index contributed by atoms with van der Waals surface area (Å²) in [5.41, 5.74) is 5.50. The molecule has 1 aliphatic rings. The Morgan fingerprint density at radius 1 is 1.71 bits per heavy atom. The van der Waals surface area contributed by atoms with Crippen LogP contribution in [0.1, 0.15) is 32.6 Å². The minimum Gasteiger partial charge on any atom is -0.409 e. The first-order valence-corrected chi connectivity index (χ1v) is 6.05. The van der Waals surface area contributed by atoms with Gasteiger partial charge in [0.05, 0.1) is 12.0 Å². The molecule has 17 heavy (non-hydrogen) atoms. The zero-order chi connectivity index (χ0) is 12.7. The summed E-state index contributed by atoms with van der Waals surface area (Å²) in [5, 5.41) is 14.3. The highest BCUT2D eigenvalue weighted by molar-refractivity contribution is 6.02. The molecule has 6 heteroatoms. The van der Waals surface area contributed by atoms with Crippen LogP contribution >= 0.6 is 0 Å². The van der Waals surface area contributed by atoms with Gasteiger partial charge in [0.15, 0.2) is 5.84 Å². The number of hydrogen-bond donors (Lipinski definition) is 3. The van der Waals surface area contributed by atoms with Crippen molar-refractivity contribution in [3.63, 3.8) is 0 Å². The van der Waals surface area contributed by atoms with Gasteiger partial charge in [-0.3, -0.25) is 4.79 Å². The molecule has 1 heterocycles. The Morgan fingerprint density at radius 2 is 2.47 bits per heavy atom. The van der Waals surface area contributed by atoms with Gasteiger partial charge in [0.25, 0.3) is 0 Å². The second-order valence-corrected chi connectivity index (χ2v) is 4.25. The summed E-state index contributed by atoms with van der Waals surface area (Å²) < 4.78 is 5.40. The molecule has 0 spiro atoms. The normalized spacial score (nSPS) is 22.4. The molecule has 0 radical (unpaired) electrons. The Labute approximate surface area is 101 Å². The molecule has 2 atom stereocenters. The van der Waals surface area contributed by atoms with Crippen LogP contribution in [-0.4, -0.2) is 36.2 Å². The van der Waals surface area contributed by atoms with Crippen LogP contribution in [-0.2, 0) is 9.53 Å². The fraction of sp³-hybridized carbons (Fsp3) is 0.818. The number of amides is 1. The smallest absolute Gasteiger partial charge is 0.230 e. The van der Waals surface area contributed by atoms with Crippen molar-refractivity contribution in [3.8, 4) is 0 Å². The number of nitrogens with zero attached hydrogens (tertiary/aromatic N) is 1. The SMILES string of the molecule is CCCC(C(=O)NCC1CCCO1)/C(N)=N/O. The largest absolute Gasteiger partial charge is 0.409 e. The van der Waals surface area contributed by atoms with Crippen molar-refractivity contribution in [1.82, 2.24) is 5.32 Å². The standard InChI is InChI=1S/C11H21N3O3/c1-2-4-9(10(12)14-16)11(15)13-7-8-5-3-6-17-8/h8-9,16H,2-7H2,1H3,(H2,12,14)(H,13,15). The molecular formula is C11H21N3O3. The first kappa shape index (κ1) is 13.8. The van der Waals surface area contributed by atoms with E-state index in [1.54, 1.807) is 0 Å². The second kappa shape index (κ2) is 7.11. The van der Waals surface area contributed by atoms with Gasteiger partial charge in [-0.1, -0.05) is 18.5 Å². The molecular weight excluding hydrogens is 222 g/mol. The lowest BCUT2D eigenvalue weighted by atomic mass is 10.0. The number of carbonyl (C=O) groups is 1. The van der Waals surface area contributed by atoms with Crippen molar-refractivity contribution in [2.45, 2.75) is 38.7 Å². The Bertz CT molecular complexity index is 275. The molecule has 1 amide bonds. The summed E-state index contributed by atoms with van der Waals surface area (Å²) in [5.74, 6) is -0.777. The number of nitrogens with one attached hydrogen (secondary N) is 1. The maximum Gasteiger partial charge on any atom is 0.230 e. The first-order chi connectivity index (χ1) is 8.19. The predicted octanol–water partition coefficient (Wildman–Crippen LogP) is 0.444. The fourth-order valence-corrected chi connectivity index (χ4v) is 1.91. The number of rotatable bonds is 6. The first-order valence-electron chi connectivity index (χ1n) is 6.05. The molecule has 4 N–H and O–H groups in total. The van der Waals surface area contributed by atoms with E-state index in [-0.39, 0.29) is 17.8 Å². The van der Waals surface area contributed by atoms with Gasteiger partial charge >= 0.3 is 0 Å². The van der Waals surface area contributed by atoms with Crippen molar-refractivity contribution in [2.75, 3.05) is 13.2 Å². The number of amidine groups is 1. The van der Waals surface area contributed by atoms with Gasteiger partial charge in [0.1, 0.15) is 0 Å². The fourth-order valence-electron chi connectivity index (χ4n) is 1.91. The Morgan fingerprint density at radius 3 is 3.00 bits per heavy atom. The molecule has 6 nitrogen and oxygen atoms in total. The molecule has 98 valence electrons. The van der Waals surface area contributed by atoms with E-state index in [1.807, 2.05) is 6.92 Å². The topological polar surface area (TPSA) is 96.9 Å². The van der Waals surface area contributed by atoms with E-state index in [4.69, 9.17) is 15.7 Å². The predicted molar refractivity (Wildman–Crippen MR) is 63.8 cm³/mol. The van der Waals surface area contributed by atoms with E-state index in [9.17, 15) is 4.79 Å². The van der Waals surface area contributed by atoms with Gasteiger partial charge in [-0.15, -0.1) is 0 Å². The van der Waals surface area contributed by atoms with Crippen LogP contribution < -0.4 is 11.1 Å². The third kappa shape index (κ3) is 4.22. The summed E-state index contributed by atoms with van der Waals surface area (Å²) in [6.45, 7) is 3.21. The van der Waals surface area contributed by atoms with Gasteiger partial charge in [-0.05, 0) is 19.3 Å². The molecule has 2 unspecified atom stereocenters. The van der Waals surface area contributed by atoms with Crippen LogP contribution in [0.3, 0.4) is 0 Å². The molecule has 0 bridgehead atoms. The van der Waals surface area contributed by atoms with E-state index in [0.717, 1.165) is 25.9 Å². The highest BCUT2D eigenvalue weighted by Gasteiger charge is 2.24. The van der Waals surface area contributed by atoms with Crippen molar-refractivity contribution in [3.05, 3.63) is 0 Å². The lowest BCUT2D eigenvalue weighted by Crippen LogP contribution is -2.41. The third-order valence-electron chi connectivity index (χ3n) is 2.89. The molecule has 1 fully saturated rings. The summed E-state index contributed by atoms with van der Waals surface area (Å²) >= 11 is 0. The minimum atomic E-state index is -0.550. The highest BCUT2D eigenvalue weighted by Crippen LogP contribution is 2.12. The minimum absolute atomic E-state index is 0.0308. The number of carbonyl (C=O) groups excluding carboxylic acids is 1. The van der Waals surface area contributed by atoms with Crippen LogP contribution in [0.4, 0.5) is 0 Å². The lowest BCUT2D eigenvalue weighted by Gasteiger charge is -2.16. The van der Waals surface area contributed by atoms with Gasteiger partial charge in [0, 0.05) is 13.2 Å². The van der Waals surface area contributed by atoms with E-state index in [0.29, 0.717) is 13.0 Å². The average Bonchev–Trinajstić information content (AvgIpc) is 2.85. The van der Waals surface area contributed by atoms with Crippen LogP contribution in [0.25, 0.3) is 0 Å². The second-order valence-electron chi connectivity index (χ2n) is 4.25. The van der Waals surface area contributed by atoms with Crippen molar-refractivity contribution < 1.29 is 14.7 Å². The zero-order valence-corrected chi connectivity index (χ0v) is 10.2. The number of oxime groups is 1. The molecule has 0 aliphatic carbocycles. The van der Waals surface area contributed by atoms with Crippen LogP contribution in [0.5, 0.6) is 0 Å². The van der Waals surface area contributed by atoms with Crippen molar-refractivity contribution in [1.29, 1.82) is 0 Å². The van der Waals surface area contributed by atoms with E-state index >= 15 is 0 Å². The van der Waals surface area contributed by atoms with Gasteiger partial charge in [-0.25, -0.2) is 0 Å². The average molecular weight is 243 g/mol. The van der Waals surface area contributed by atoms with E-state index < -0.39 is 5.92 Å². The maximum atomic E-state index is 11.9. The van der Waals surface area contributed by atoms with E-state index in [2.05, 4.69) is 10.5 Å². The van der Waals surface area contributed by atoms with Gasteiger partial charge in [0.2, 0.25) is 5.91 Å². The van der Waals surface area contributed by atoms with Crippen LogP contribution in [0, 0.1) is 5.92 Å². The highest BCUT2D eigenvalue weighted by atomic mass is 16.5. The monoisotopic (exact) mass is 243 g/mol. The van der Waals surface area contributed by atoms with E-state index in [1.165, 1.54) is 0 Å². The summed E-state index contributed by atoms with van der Waals surface area (Å²) in [6, 6.07) is 0. The summed E-state index contributed by atoms with van der Waals surface area (Å²) in [6.07, 6.45) is 3.50. The van der Waals surface area contributed by atoms with Gasteiger partial charge in [-0.2, -0.15) is 0 Å². The number of hydrogen-bond acceptors (Lipinski definition) is 4. The van der Waals surface area contributed by atoms with Crippen molar-refractivity contribution >= 4 is 11.7 Å². The van der Waals surface area contributed by atoms with Gasteiger partial charge < -0.3 is 21.0 Å². The molecule has 0 aromatic heterocycles.